The Morgan fingerprint density at radius 1 is 1.27 bits per heavy atom. The topological polar surface area (TPSA) is 115 Å². The minimum Gasteiger partial charge on any atom is -0.459 e. The van der Waals surface area contributed by atoms with Crippen LogP contribution >= 0.6 is 0 Å². The molecule has 0 bridgehead atoms. The molecule has 26 heavy (non-hydrogen) atoms. The van der Waals surface area contributed by atoms with Crippen molar-refractivity contribution in [3.63, 3.8) is 0 Å². The molecule has 2 aromatic heterocycles. The molecule has 0 aromatic carbocycles. The Balaban J connectivity index is 1.91. The molecular formula is C17H22N4O5. The first kappa shape index (κ1) is 19.2. The summed E-state index contributed by atoms with van der Waals surface area (Å²) in [5.41, 5.74) is 2.03. The van der Waals surface area contributed by atoms with E-state index in [1.165, 1.54) is 26.2 Å². The van der Waals surface area contributed by atoms with Gasteiger partial charge in [0.2, 0.25) is 0 Å². The van der Waals surface area contributed by atoms with Gasteiger partial charge < -0.3 is 19.8 Å². The highest BCUT2D eigenvalue weighted by Crippen LogP contribution is 2.18. The van der Waals surface area contributed by atoms with Crippen molar-refractivity contribution in [3.05, 3.63) is 35.5 Å². The maximum Gasteiger partial charge on any atom is 0.329 e. The SMILES string of the molecule is Cc1nn(C)c(C)c1NC(=O)[C@H](C)OC(=O)[C@H](C)NC(=O)c1ccco1. The quantitative estimate of drug-likeness (QED) is 0.749. The number of nitrogens with zero attached hydrogens (tertiary/aromatic N) is 2. The summed E-state index contributed by atoms with van der Waals surface area (Å²) < 4.78 is 11.7. The summed E-state index contributed by atoms with van der Waals surface area (Å²) in [6, 6.07) is 2.10. The van der Waals surface area contributed by atoms with Crippen molar-refractivity contribution in [1.29, 1.82) is 0 Å². The minimum absolute atomic E-state index is 0.0815. The number of hydrogen-bond donors (Lipinski definition) is 2. The molecule has 2 atom stereocenters. The van der Waals surface area contributed by atoms with E-state index < -0.39 is 29.9 Å². The molecule has 0 radical (unpaired) electrons. The lowest BCUT2D eigenvalue weighted by molar-refractivity contribution is -0.154. The molecule has 0 fully saturated rings. The molecule has 0 aliphatic rings. The lowest BCUT2D eigenvalue weighted by Gasteiger charge is -2.17. The predicted molar refractivity (Wildman–Crippen MR) is 92.5 cm³/mol. The van der Waals surface area contributed by atoms with Crippen molar-refractivity contribution in [2.24, 2.45) is 7.05 Å². The van der Waals surface area contributed by atoms with Crippen molar-refractivity contribution in [3.8, 4) is 0 Å². The third-order valence-electron chi connectivity index (χ3n) is 3.87. The Morgan fingerprint density at radius 2 is 1.96 bits per heavy atom. The molecule has 0 saturated carbocycles. The highest BCUT2D eigenvalue weighted by atomic mass is 16.5. The van der Waals surface area contributed by atoms with Gasteiger partial charge in [-0.05, 0) is 39.8 Å². The average Bonchev–Trinajstić information content (AvgIpc) is 3.19. The van der Waals surface area contributed by atoms with E-state index in [1.807, 2.05) is 6.92 Å². The first-order valence-electron chi connectivity index (χ1n) is 8.06. The van der Waals surface area contributed by atoms with E-state index >= 15 is 0 Å². The van der Waals surface area contributed by atoms with Crippen molar-refractivity contribution in [1.82, 2.24) is 15.1 Å². The number of aryl methyl sites for hydroxylation is 2. The summed E-state index contributed by atoms with van der Waals surface area (Å²) in [5.74, 6) is -1.68. The van der Waals surface area contributed by atoms with Crippen LogP contribution in [0.25, 0.3) is 0 Å². The summed E-state index contributed by atoms with van der Waals surface area (Å²) in [4.78, 5) is 36.2. The van der Waals surface area contributed by atoms with E-state index in [-0.39, 0.29) is 5.76 Å². The number of amides is 2. The van der Waals surface area contributed by atoms with Gasteiger partial charge in [0.25, 0.3) is 11.8 Å². The predicted octanol–water partition coefficient (Wildman–Crippen LogP) is 1.32. The second-order valence-electron chi connectivity index (χ2n) is 5.91. The van der Waals surface area contributed by atoms with Crippen molar-refractivity contribution >= 4 is 23.5 Å². The molecule has 2 aromatic rings. The van der Waals surface area contributed by atoms with E-state index in [0.29, 0.717) is 11.4 Å². The van der Waals surface area contributed by atoms with Crippen LogP contribution in [0.4, 0.5) is 5.69 Å². The molecule has 140 valence electrons. The van der Waals surface area contributed by atoms with Gasteiger partial charge in [-0.2, -0.15) is 5.10 Å². The van der Waals surface area contributed by atoms with Crippen LogP contribution in [0.1, 0.15) is 35.8 Å². The molecule has 2 N–H and O–H groups in total. The molecule has 2 heterocycles. The fraction of sp³-hybridized carbons (Fsp3) is 0.412. The first-order valence-corrected chi connectivity index (χ1v) is 8.06. The van der Waals surface area contributed by atoms with Crippen LogP contribution in [-0.2, 0) is 21.4 Å². The van der Waals surface area contributed by atoms with Crippen LogP contribution in [0.2, 0.25) is 0 Å². The zero-order chi connectivity index (χ0) is 19.4. The fourth-order valence-electron chi connectivity index (χ4n) is 2.24. The van der Waals surface area contributed by atoms with Gasteiger partial charge in [-0.3, -0.25) is 14.3 Å². The van der Waals surface area contributed by atoms with E-state index in [2.05, 4.69) is 15.7 Å². The highest BCUT2D eigenvalue weighted by molar-refractivity contribution is 5.97. The number of anilines is 1. The van der Waals surface area contributed by atoms with Gasteiger partial charge in [0.15, 0.2) is 11.9 Å². The molecule has 2 amide bonds. The largest absolute Gasteiger partial charge is 0.459 e. The monoisotopic (exact) mass is 362 g/mol. The van der Waals surface area contributed by atoms with Gasteiger partial charge in [0.1, 0.15) is 6.04 Å². The van der Waals surface area contributed by atoms with Gasteiger partial charge >= 0.3 is 5.97 Å². The molecule has 9 nitrogen and oxygen atoms in total. The summed E-state index contributed by atoms with van der Waals surface area (Å²) in [6.45, 7) is 6.50. The van der Waals surface area contributed by atoms with Gasteiger partial charge in [-0.1, -0.05) is 0 Å². The van der Waals surface area contributed by atoms with E-state index in [1.54, 1.807) is 24.7 Å². The number of ether oxygens (including phenoxy) is 1. The molecule has 0 aliphatic heterocycles. The number of carbonyl (C=O) groups excluding carboxylic acids is 3. The summed E-state index contributed by atoms with van der Waals surface area (Å²) >= 11 is 0. The Hall–Kier alpha value is -3.10. The molecule has 0 saturated heterocycles. The van der Waals surface area contributed by atoms with Crippen molar-refractivity contribution in [2.45, 2.75) is 39.8 Å². The van der Waals surface area contributed by atoms with Crippen LogP contribution < -0.4 is 10.6 Å². The number of carbonyl (C=O) groups is 3. The second kappa shape index (κ2) is 7.85. The normalized spacial score (nSPS) is 13.0. The minimum atomic E-state index is -1.04. The van der Waals surface area contributed by atoms with E-state index in [9.17, 15) is 14.4 Å². The molecule has 0 aliphatic carbocycles. The summed E-state index contributed by atoms with van der Waals surface area (Å²) in [7, 11) is 1.77. The maximum absolute atomic E-state index is 12.3. The van der Waals surface area contributed by atoms with Gasteiger partial charge in [0, 0.05) is 7.05 Å². The molecule has 2 rings (SSSR count). The Kier molecular flexibility index (Phi) is 5.81. The smallest absolute Gasteiger partial charge is 0.329 e. The lowest BCUT2D eigenvalue weighted by atomic mass is 10.2. The molecule has 0 spiro atoms. The van der Waals surface area contributed by atoms with Crippen LogP contribution in [0.5, 0.6) is 0 Å². The van der Waals surface area contributed by atoms with Crippen LogP contribution in [0.15, 0.2) is 22.8 Å². The zero-order valence-corrected chi connectivity index (χ0v) is 15.3. The third kappa shape index (κ3) is 4.29. The van der Waals surface area contributed by atoms with Crippen LogP contribution in [0.3, 0.4) is 0 Å². The van der Waals surface area contributed by atoms with E-state index in [0.717, 1.165) is 5.69 Å². The van der Waals surface area contributed by atoms with Gasteiger partial charge in [-0.25, -0.2) is 4.79 Å². The number of nitrogens with one attached hydrogen (secondary N) is 2. The first-order chi connectivity index (χ1) is 12.2. The second-order valence-corrected chi connectivity index (χ2v) is 5.91. The number of rotatable bonds is 6. The zero-order valence-electron chi connectivity index (χ0n) is 15.3. The Labute approximate surface area is 150 Å². The van der Waals surface area contributed by atoms with Gasteiger partial charge in [-0.15, -0.1) is 0 Å². The lowest BCUT2D eigenvalue weighted by Crippen LogP contribution is -2.42. The maximum atomic E-state index is 12.3. The van der Waals surface area contributed by atoms with Crippen molar-refractivity contribution in [2.75, 3.05) is 5.32 Å². The number of hydrogen-bond acceptors (Lipinski definition) is 6. The van der Waals surface area contributed by atoms with Gasteiger partial charge in [0.05, 0.1) is 23.3 Å². The fourth-order valence-corrected chi connectivity index (χ4v) is 2.24. The molecule has 0 unspecified atom stereocenters. The average molecular weight is 362 g/mol. The summed E-state index contributed by atoms with van der Waals surface area (Å²) in [5, 5.41) is 9.36. The molecule has 9 heteroatoms. The molecular weight excluding hydrogens is 340 g/mol. The standard InChI is InChI=1S/C17H22N4O5/c1-9-14(11(3)21(5)20-9)19-15(22)12(4)26-17(24)10(2)18-16(23)13-7-6-8-25-13/h6-8,10,12H,1-5H3,(H,18,23)(H,19,22)/t10-,12-/m0/s1. The highest BCUT2D eigenvalue weighted by Gasteiger charge is 2.25. The van der Waals surface area contributed by atoms with Crippen LogP contribution in [-0.4, -0.2) is 39.7 Å². The van der Waals surface area contributed by atoms with E-state index in [4.69, 9.17) is 9.15 Å². The number of esters is 1. The number of furan rings is 1. The Bertz CT molecular complexity index is 809. The van der Waals surface area contributed by atoms with Crippen LogP contribution in [0, 0.1) is 13.8 Å². The Morgan fingerprint density at radius 3 is 2.50 bits per heavy atom. The van der Waals surface area contributed by atoms with Crippen molar-refractivity contribution < 1.29 is 23.5 Å². The summed E-state index contributed by atoms with van der Waals surface area (Å²) in [6.07, 6.45) is 0.316. The third-order valence-corrected chi connectivity index (χ3v) is 3.87. The number of aromatic nitrogens is 2.